The van der Waals surface area contributed by atoms with Crippen LogP contribution in [0.4, 0.5) is 11.4 Å². The molecule has 1 aliphatic heterocycles. The smallest absolute Gasteiger partial charge is 0.245 e. The van der Waals surface area contributed by atoms with Crippen LogP contribution in [0.5, 0.6) is 0 Å². The Kier molecular flexibility index (Phi) is 3.37. The van der Waals surface area contributed by atoms with Crippen molar-refractivity contribution in [3.05, 3.63) is 36.4 Å². The lowest BCUT2D eigenvalue weighted by atomic mass is 10.0. The average molecular weight is 259 g/mol. The van der Waals surface area contributed by atoms with Crippen LogP contribution in [-0.2, 0) is 4.79 Å². The molecule has 3 N–H and O–H groups in total. The molecular formula is C15H21N3O. The average Bonchev–Trinajstić information content (AvgIpc) is 2.60. The predicted octanol–water partition coefficient (Wildman–Crippen LogP) is 2.43. The molecule has 0 saturated heterocycles. The minimum Gasteiger partial charge on any atom is -0.363 e. The Balaban J connectivity index is 2.39. The van der Waals surface area contributed by atoms with Crippen molar-refractivity contribution in [2.45, 2.75) is 32.4 Å². The van der Waals surface area contributed by atoms with E-state index in [9.17, 15) is 4.79 Å². The van der Waals surface area contributed by atoms with Gasteiger partial charge in [-0.05, 0) is 32.9 Å². The Hall–Kier alpha value is -1.81. The molecule has 1 amide bonds. The van der Waals surface area contributed by atoms with E-state index in [-0.39, 0.29) is 11.4 Å². The first-order valence-electron chi connectivity index (χ1n) is 6.43. The fourth-order valence-corrected chi connectivity index (χ4v) is 2.34. The van der Waals surface area contributed by atoms with Crippen LogP contribution < -0.4 is 16.0 Å². The highest BCUT2D eigenvalue weighted by Crippen LogP contribution is 2.34. The maximum absolute atomic E-state index is 11.6. The van der Waals surface area contributed by atoms with Crippen molar-refractivity contribution in [3.8, 4) is 0 Å². The third kappa shape index (κ3) is 2.49. The van der Waals surface area contributed by atoms with Crippen LogP contribution >= 0.6 is 0 Å². The number of carbonyl (C=O) groups excluding carboxylic acids is 1. The molecule has 1 aliphatic rings. The summed E-state index contributed by atoms with van der Waals surface area (Å²) >= 11 is 0. The van der Waals surface area contributed by atoms with E-state index >= 15 is 0 Å². The van der Waals surface area contributed by atoms with E-state index in [1.807, 2.05) is 24.3 Å². The molecule has 4 nitrogen and oxygen atoms in total. The summed E-state index contributed by atoms with van der Waals surface area (Å²) in [4.78, 5) is 13.8. The lowest BCUT2D eigenvalue weighted by molar-refractivity contribution is -0.116. The Bertz CT molecular complexity index is 517. The monoisotopic (exact) mass is 259 g/mol. The highest BCUT2D eigenvalue weighted by Gasteiger charge is 2.28. The summed E-state index contributed by atoms with van der Waals surface area (Å²) in [6.07, 6.45) is 1.88. The van der Waals surface area contributed by atoms with Gasteiger partial charge in [0, 0.05) is 29.0 Å². The minimum absolute atomic E-state index is 0.0207. The lowest BCUT2D eigenvalue weighted by Crippen LogP contribution is -2.41. The van der Waals surface area contributed by atoms with Crippen LogP contribution in [0.1, 0.15) is 32.4 Å². The topological polar surface area (TPSA) is 58.4 Å². The quantitative estimate of drug-likeness (QED) is 0.820. The first-order valence-corrected chi connectivity index (χ1v) is 6.43. The molecule has 2 rings (SSSR count). The molecule has 0 radical (unpaired) electrons. The summed E-state index contributed by atoms with van der Waals surface area (Å²) in [5.41, 5.74) is 8.53. The van der Waals surface area contributed by atoms with Gasteiger partial charge in [0.05, 0.1) is 0 Å². The largest absolute Gasteiger partial charge is 0.363 e. The molecule has 0 saturated carbocycles. The van der Waals surface area contributed by atoms with Gasteiger partial charge >= 0.3 is 0 Å². The minimum atomic E-state index is -0.549. The maximum Gasteiger partial charge on any atom is 0.245 e. The predicted molar refractivity (Wildman–Crippen MR) is 79.3 cm³/mol. The molecule has 19 heavy (non-hydrogen) atoms. The van der Waals surface area contributed by atoms with E-state index in [1.165, 1.54) is 0 Å². The summed E-state index contributed by atoms with van der Waals surface area (Å²) in [5.74, 6) is -0.141. The number of anilines is 2. The van der Waals surface area contributed by atoms with Crippen LogP contribution in [0.2, 0.25) is 0 Å². The zero-order valence-electron chi connectivity index (χ0n) is 11.7. The molecule has 0 aromatic heterocycles. The zero-order chi connectivity index (χ0) is 14.2. The van der Waals surface area contributed by atoms with Crippen molar-refractivity contribution in [3.63, 3.8) is 0 Å². The van der Waals surface area contributed by atoms with E-state index in [4.69, 9.17) is 5.73 Å². The van der Waals surface area contributed by atoms with Gasteiger partial charge in [-0.25, -0.2) is 0 Å². The number of fused-ring (bicyclic) bond motifs is 1. The number of nitrogens with zero attached hydrogens (tertiary/aromatic N) is 1. The fraction of sp³-hybridized carbons (Fsp3) is 0.400. The number of rotatable bonds is 3. The number of benzene rings is 1. The lowest BCUT2D eigenvalue weighted by Gasteiger charge is -2.37. The normalized spacial score (nSPS) is 17.9. The molecule has 1 heterocycles. The Morgan fingerprint density at radius 1 is 1.47 bits per heavy atom. The van der Waals surface area contributed by atoms with Crippen LogP contribution in [0.25, 0.3) is 0 Å². The third-order valence-corrected chi connectivity index (χ3v) is 3.35. The van der Waals surface area contributed by atoms with Gasteiger partial charge in [-0.3, -0.25) is 4.79 Å². The first-order chi connectivity index (χ1) is 8.84. The van der Waals surface area contributed by atoms with Crippen molar-refractivity contribution >= 4 is 17.3 Å². The molecule has 0 bridgehead atoms. The second kappa shape index (κ2) is 4.70. The van der Waals surface area contributed by atoms with Gasteiger partial charge < -0.3 is 16.0 Å². The maximum atomic E-state index is 11.6. The van der Waals surface area contributed by atoms with Crippen LogP contribution in [0, 0.1) is 0 Å². The Labute approximate surface area is 114 Å². The van der Waals surface area contributed by atoms with Crippen LogP contribution in [0.15, 0.2) is 30.9 Å². The number of amides is 1. The van der Waals surface area contributed by atoms with Gasteiger partial charge in [0.2, 0.25) is 5.91 Å². The van der Waals surface area contributed by atoms with Crippen molar-refractivity contribution in [2.24, 2.45) is 5.73 Å². The summed E-state index contributed by atoms with van der Waals surface area (Å²) in [5, 5.41) is 2.82. The zero-order valence-corrected chi connectivity index (χ0v) is 11.7. The molecule has 1 aromatic carbocycles. The molecule has 1 atom stereocenters. The number of nitrogens with one attached hydrogen (secondary N) is 1. The van der Waals surface area contributed by atoms with E-state index in [0.717, 1.165) is 23.5 Å². The molecule has 102 valence electrons. The third-order valence-electron chi connectivity index (χ3n) is 3.35. The standard InChI is InChI=1S/C15H21N3O/c1-5-8-18(15(2,3)4)10-6-7-11-12(9-10)17-14(19)13(11)16/h5-7,9,13H,1,8,16H2,2-4H3,(H,17,19). The van der Waals surface area contributed by atoms with Gasteiger partial charge in [-0.15, -0.1) is 6.58 Å². The number of nitrogens with two attached hydrogens (primary N) is 1. The summed E-state index contributed by atoms with van der Waals surface area (Å²) in [6, 6.07) is 5.36. The van der Waals surface area contributed by atoms with Crippen LogP contribution in [0.3, 0.4) is 0 Å². The van der Waals surface area contributed by atoms with Gasteiger partial charge in [0.15, 0.2) is 0 Å². The highest BCUT2D eigenvalue weighted by atomic mass is 16.2. The Morgan fingerprint density at radius 2 is 2.16 bits per heavy atom. The molecule has 0 aliphatic carbocycles. The Morgan fingerprint density at radius 3 is 2.74 bits per heavy atom. The van der Waals surface area contributed by atoms with Gasteiger partial charge in [0.1, 0.15) is 6.04 Å². The molecule has 0 spiro atoms. The van der Waals surface area contributed by atoms with Gasteiger partial charge in [-0.1, -0.05) is 12.1 Å². The summed E-state index contributed by atoms with van der Waals surface area (Å²) in [6.45, 7) is 11.0. The SMILES string of the molecule is C=CCN(c1ccc2c(c1)NC(=O)C2N)C(C)(C)C. The van der Waals surface area contributed by atoms with E-state index in [1.54, 1.807) is 0 Å². The van der Waals surface area contributed by atoms with Gasteiger partial charge in [-0.2, -0.15) is 0 Å². The number of hydrogen-bond donors (Lipinski definition) is 2. The molecule has 0 fully saturated rings. The second-order valence-electron chi connectivity index (χ2n) is 5.81. The fourth-order valence-electron chi connectivity index (χ4n) is 2.34. The van der Waals surface area contributed by atoms with Crippen molar-refractivity contribution < 1.29 is 4.79 Å². The molecule has 1 aromatic rings. The van der Waals surface area contributed by atoms with Crippen LogP contribution in [-0.4, -0.2) is 18.0 Å². The van der Waals surface area contributed by atoms with Crippen molar-refractivity contribution in [2.75, 3.05) is 16.8 Å². The molecule has 4 heteroatoms. The van der Waals surface area contributed by atoms with Crippen molar-refractivity contribution in [1.82, 2.24) is 0 Å². The van der Waals surface area contributed by atoms with Gasteiger partial charge in [0.25, 0.3) is 0 Å². The molecular weight excluding hydrogens is 238 g/mol. The summed E-state index contributed by atoms with van der Waals surface area (Å²) in [7, 11) is 0. The van der Waals surface area contributed by atoms with E-state index in [0.29, 0.717) is 0 Å². The molecule has 1 unspecified atom stereocenters. The highest BCUT2D eigenvalue weighted by molar-refractivity contribution is 6.03. The van der Waals surface area contributed by atoms with Crippen molar-refractivity contribution in [1.29, 1.82) is 0 Å². The van der Waals surface area contributed by atoms with E-state index in [2.05, 4.69) is 37.6 Å². The second-order valence-corrected chi connectivity index (χ2v) is 5.81. The summed E-state index contributed by atoms with van der Waals surface area (Å²) < 4.78 is 0. The number of hydrogen-bond acceptors (Lipinski definition) is 3. The first kappa shape index (κ1) is 13.6. The number of carbonyl (C=O) groups is 1. The van der Waals surface area contributed by atoms with E-state index < -0.39 is 6.04 Å².